The third-order valence-electron chi connectivity index (χ3n) is 4.11. The van der Waals surface area contributed by atoms with Crippen LogP contribution in [0.2, 0.25) is 0 Å². The van der Waals surface area contributed by atoms with Crippen molar-refractivity contribution >= 4 is 11.9 Å². The molecule has 1 amide bonds. The van der Waals surface area contributed by atoms with Crippen LogP contribution in [0.3, 0.4) is 0 Å². The number of carbonyl (C=O) groups is 2. The highest BCUT2D eigenvalue weighted by Crippen LogP contribution is 2.19. The summed E-state index contributed by atoms with van der Waals surface area (Å²) in [4.78, 5) is 27.8. The van der Waals surface area contributed by atoms with Crippen LogP contribution in [0, 0.1) is 0 Å². The van der Waals surface area contributed by atoms with Crippen LogP contribution in [0.25, 0.3) is 0 Å². The summed E-state index contributed by atoms with van der Waals surface area (Å²) in [5.41, 5.74) is 1.33. The Morgan fingerprint density at radius 2 is 2.35 bits per heavy atom. The van der Waals surface area contributed by atoms with Gasteiger partial charge in [0.2, 0.25) is 5.91 Å². The van der Waals surface area contributed by atoms with E-state index in [4.69, 9.17) is 4.74 Å². The third-order valence-corrected chi connectivity index (χ3v) is 4.11. The molecule has 0 N–H and O–H groups in total. The van der Waals surface area contributed by atoms with Gasteiger partial charge in [-0.1, -0.05) is 18.6 Å². The summed E-state index contributed by atoms with van der Waals surface area (Å²) in [6, 6.07) is -0.416. The first kappa shape index (κ1) is 15.0. The van der Waals surface area contributed by atoms with Crippen LogP contribution >= 0.6 is 0 Å². The topological polar surface area (TPSA) is 49.9 Å². The molecule has 0 aromatic heterocycles. The van der Waals surface area contributed by atoms with Gasteiger partial charge in [0.25, 0.3) is 0 Å². The second kappa shape index (κ2) is 6.88. The van der Waals surface area contributed by atoms with E-state index < -0.39 is 6.04 Å². The molecule has 1 aliphatic carbocycles. The van der Waals surface area contributed by atoms with Crippen molar-refractivity contribution in [1.29, 1.82) is 0 Å². The Morgan fingerprint density at radius 1 is 1.55 bits per heavy atom. The number of nitrogens with zero attached hydrogens (tertiary/aromatic N) is 2. The van der Waals surface area contributed by atoms with Gasteiger partial charge >= 0.3 is 5.97 Å². The fourth-order valence-electron chi connectivity index (χ4n) is 2.85. The van der Waals surface area contributed by atoms with Gasteiger partial charge in [0.05, 0.1) is 6.42 Å². The SMILES string of the molecule is CCN1CCOC(=O)C1CC(=O)N(C)CC1=CCCC1. The summed E-state index contributed by atoms with van der Waals surface area (Å²) in [6.45, 7) is 4.60. The molecule has 1 aliphatic heterocycles. The average Bonchev–Trinajstić information content (AvgIpc) is 2.93. The molecule has 1 heterocycles. The van der Waals surface area contributed by atoms with Gasteiger partial charge in [-0.3, -0.25) is 14.5 Å². The maximum Gasteiger partial charge on any atom is 0.323 e. The molecule has 1 saturated heterocycles. The van der Waals surface area contributed by atoms with E-state index in [2.05, 4.69) is 6.08 Å². The predicted molar refractivity (Wildman–Crippen MR) is 76.2 cm³/mol. The van der Waals surface area contributed by atoms with Crippen LogP contribution in [-0.4, -0.2) is 61.0 Å². The molecular formula is C15H24N2O3. The Hall–Kier alpha value is -1.36. The van der Waals surface area contributed by atoms with E-state index in [1.165, 1.54) is 12.0 Å². The number of hydrogen-bond acceptors (Lipinski definition) is 4. The second-order valence-corrected chi connectivity index (χ2v) is 5.52. The Labute approximate surface area is 120 Å². The molecule has 112 valence electrons. The molecule has 1 fully saturated rings. The Bertz CT molecular complexity index is 406. The number of ether oxygens (including phenoxy) is 1. The summed E-state index contributed by atoms with van der Waals surface area (Å²) in [5, 5.41) is 0. The van der Waals surface area contributed by atoms with E-state index in [-0.39, 0.29) is 18.3 Å². The van der Waals surface area contributed by atoms with E-state index in [0.29, 0.717) is 13.2 Å². The summed E-state index contributed by atoms with van der Waals surface area (Å²) in [5.74, 6) is -0.250. The first-order chi connectivity index (χ1) is 9.61. The highest BCUT2D eigenvalue weighted by atomic mass is 16.5. The zero-order valence-electron chi connectivity index (χ0n) is 12.4. The lowest BCUT2D eigenvalue weighted by Crippen LogP contribution is -2.50. The molecule has 0 bridgehead atoms. The lowest BCUT2D eigenvalue weighted by molar-refractivity contribution is -0.159. The minimum absolute atomic E-state index is 0.0140. The van der Waals surface area contributed by atoms with Crippen molar-refractivity contribution in [2.45, 2.75) is 38.6 Å². The highest BCUT2D eigenvalue weighted by Gasteiger charge is 2.33. The molecule has 0 aromatic rings. The number of hydrogen-bond donors (Lipinski definition) is 0. The molecule has 5 heteroatoms. The van der Waals surface area contributed by atoms with Gasteiger partial charge in [0.15, 0.2) is 0 Å². The van der Waals surface area contributed by atoms with Crippen molar-refractivity contribution in [3.63, 3.8) is 0 Å². The molecule has 1 unspecified atom stereocenters. The quantitative estimate of drug-likeness (QED) is 0.561. The monoisotopic (exact) mass is 280 g/mol. The van der Waals surface area contributed by atoms with Crippen molar-refractivity contribution in [1.82, 2.24) is 9.80 Å². The van der Waals surface area contributed by atoms with Crippen molar-refractivity contribution in [3.05, 3.63) is 11.6 Å². The molecule has 0 radical (unpaired) electrons. The number of amides is 1. The Kier molecular flexibility index (Phi) is 5.17. The fourth-order valence-corrected chi connectivity index (χ4v) is 2.85. The molecule has 2 rings (SSSR count). The Balaban J connectivity index is 1.89. The summed E-state index contributed by atoms with van der Waals surface area (Å²) in [6.07, 6.45) is 5.84. The van der Waals surface area contributed by atoms with Crippen molar-refractivity contribution < 1.29 is 14.3 Å². The molecule has 0 aromatic carbocycles. The third kappa shape index (κ3) is 3.60. The first-order valence-corrected chi connectivity index (χ1v) is 7.44. The number of esters is 1. The minimum atomic E-state index is -0.416. The molecule has 1 atom stereocenters. The molecule has 2 aliphatic rings. The molecule has 20 heavy (non-hydrogen) atoms. The van der Waals surface area contributed by atoms with Gasteiger partial charge in [-0.15, -0.1) is 0 Å². The minimum Gasteiger partial charge on any atom is -0.463 e. The first-order valence-electron chi connectivity index (χ1n) is 7.44. The molecule has 0 saturated carbocycles. The smallest absolute Gasteiger partial charge is 0.323 e. The standard InChI is InChI=1S/C15H24N2O3/c1-3-17-8-9-20-15(19)13(17)10-14(18)16(2)11-12-6-4-5-7-12/h6,13H,3-5,7-11H2,1-2H3. The van der Waals surface area contributed by atoms with E-state index in [1.54, 1.807) is 4.90 Å². The number of morpholine rings is 1. The van der Waals surface area contributed by atoms with Crippen LogP contribution in [0.15, 0.2) is 11.6 Å². The van der Waals surface area contributed by atoms with Crippen LogP contribution < -0.4 is 0 Å². The fraction of sp³-hybridized carbons (Fsp3) is 0.733. The number of cyclic esters (lactones) is 1. The predicted octanol–water partition coefficient (Wildman–Crippen LogP) is 1.19. The van der Waals surface area contributed by atoms with Gasteiger partial charge in [0.1, 0.15) is 12.6 Å². The largest absolute Gasteiger partial charge is 0.463 e. The van der Waals surface area contributed by atoms with Gasteiger partial charge < -0.3 is 9.64 Å². The second-order valence-electron chi connectivity index (χ2n) is 5.52. The average molecular weight is 280 g/mol. The van der Waals surface area contributed by atoms with Gasteiger partial charge in [-0.05, 0) is 25.8 Å². The number of likely N-dealkylation sites (N-methyl/N-ethyl adjacent to an activating group) is 2. The van der Waals surface area contributed by atoms with Crippen LogP contribution in [0.5, 0.6) is 0 Å². The molecular weight excluding hydrogens is 256 g/mol. The normalized spacial score (nSPS) is 23.4. The lowest BCUT2D eigenvalue weighted by Gasteiger charge is -2.33. The van der Waals surface area contributed by atoms with Crippen LogP contribution in [-0.2, 0) is 14.3 Å². The van der Waals surface area contributed by atoms with Gasteiger partial charge in [-0.25, -0.2) is 0 Å². The van der Waals surface area contributed by atoms with Gasteiger partial charge in [0, 0.05) is 20.1 Å². The maximum atomic E-state index is 12.3. The summed E-state index contributed by atoms with van der Waals surface area (Å²) < 4.78 is 5.07. The molecule has 0 spiro atoms. The van der Waals surface area contributed by atoms with E-state index in [9.17, 15) is 9.59 Å². The zero-order valence-corrected chi connectivity index (χ0v) is 12.4. The lowest BCUT2D eigenvalue weighted by atomic mass is 10.1. The van der Waals surface area contributed by atoms with Crippen molar-refractivity contribution in [2.24, 2.45) is 0 Å². The molecule has 5 nitrogen and oxygen atoms in total. The summed E-state index contributed by atoms with van der Waals surface area (Å²) >= 11 is 0. The van der Waals surface area contributed by atoms with Crippen LogP contribution in [0.1, 0.15) is 32.6 Å². The number of rotatable bonds is 5. The van der Waals surface area contributed by atoms with E-state index in [0.717, 1.165) is 25.9 Å². The number of allylic oxidation sites excluding steroid dienone is 1. The van der Waals surface area contributed by atoms with Gasteiger partial charge in [-0.2, -0.15) is 0 Å². The highest BCUT2D eigenvalue weighted by molar-refractivity contribution is 5.85. The van der Waals surface area contributed by atoms with E-state index >= 15 is 0 Å². The van der Waals surface area contributed by atoms with E-state index in [1.807, 2.05) is 18.9 Å². The van der Waals surface area contributed by atoms with Crippen molar-refractivity contribution in [3.8, 4) is 0 Å². The number of carbonyl (C=O) groups excluding carboxylic acids is 2. The maximum absolute atomic E-state index is 12.3. The summed E-state index contributed by atoms with van der Waals surface area (Å²) in [7, 11) is 1.81. The van der Waals surface area contributed by atoms with Crippen molar-refractivity contribution in [2.75, 3.05) is 33.3 Å². The Morgan fingerprint density at radius 3 is 3.00 bits per heavy atom. The zero-order chi connectivity index (χ0) is 14.5. The van der Waals surface area contributed by atoms with Crippen LogP contribution in [0.4, 0.5) is 0 Å².